The van der Waals surface area contributed by atoms with Crippen LogP contribution in [-0.4, -0.2) is 24.7 Å². The van der Waals surface area contributed by atoms with Gasteiger partial charge in [0.05, 0.1) is 7.11 Å². The minimum absolute atomic E-state index is 0.253. The van der Waals surface area contributed by atoms with E-state index in [1.165, 1.54) is 7.11 Å². The predicted octanol–water partition coefficient (Wildman–Crippen LogP) is 2.28. The maximum atomic E-state index is 5.97. The Bertz CT molecular complexity index is 225. The zero-order valence-corrected chi connectivity index (χ0v) is 8.39. The summed E-state index contributed by atoms with van der Waals surface area (Å²) in [6, 6.07) is 0. The Morgan fingerprint density at radius 2 is 2.17 bits per heavy atom. The van der Waals surface area contributed by atoms with Crippen LogP contribution in [0.15, 0.2) is 24.0 Å². The van der Waals surface area contributed by atoms with E-state index >= 15 is 0 Å². The van der Waals surface area contributed by atoms with E-state index in [9.17, 15) is 0 Å². The van der Waals surface area contributed by atoms with E-state index in [0.717, 1.165) is 0 Å². The normalized spacial score (nSPS) is 34.7. The van der Waals surface area contributed by atoms with Crippen molar-refractivity contribution < 1.29 is 9.47 Å². The molecule has 0 aromatic heterocycles. The van der Waals surface area contributed by atoms with Gasteiger partial charge in [-0.15, -0.1) is 11.6 Å². The van der Waals surface area contributed by atoms with Crippen molar-refractivity contribution in [3.8, 4) is 0 Å². The van der Waals surface area contributed by atoms with Gasteiger partial charge in [0.1, 0.15) is 11.1 Å². The second kappa shape index (κ2) is 3.69. The van der Waals surface area contributed by atoms with Gasteiger partial charge in [-0.25, -0.2) is 0 Å². The Balaban J connectivity index is 2.86. The molecule has 0 heterocycles. The van der Waals surface area contributed by atoms with Crippen molar-refractivity contribution in [3.05, 3.63) is 24.0 Å². The summed E-state index contributed by atoms with van der Waals surface area (Å²) in [7, 11) is 3.07. The Labute approximate surface area is 81.7 Å². The fourth-order valence-electron chi connectivity index (χ4n) is 0.931. The van der Waals surface area contributed by atoms with Crippen LogP contribution < -0.4 is 0 Å². The van der Waals surface area contributed by atoms with Crippen molar-refractivity contribution in [3.63, 3.8) is 0 Å². The van der Waals surface area contributed by atoms with E-state index in [1.54, 1.807) is 25.3 Å². The molecule has 2 unspecified atom stereocenters. The smallest absolute Gasteiger partial charge is 0.182 e. The van der Waals surface area contributed by atoms with Crippen molar-refractivity contribution >= 4 is 23.2 Å². The Morgan fingerprint density at radius 1 is 1.50 bits per heavy atom. The highest BCUT2D eigenvalue weighted by atomic mass is 35.5. The lowest BCUT2D eigenvalue weighted by Gasteiger charge is -2.24. The van der Waals surface area contributed by atoms with Crippen LogP contribution in [0.1, 0.15) is 0 Å². The maximum absolute atomic E-state index is 5.97. The van der Waals surface area contributed by atoms with Crippen molar-refractivity contribution in [2.75, 3.05) is 14.2 Å². The first-order valence-corrected chi connectivity index (χ1v) is 4.27. The highest BCUT2D eigenvalue weighted by Gasteiger charge is 2.27. The van der Waals surface area contributed by atoms with Crippen LogP contribution >= 0.6 is 23.2 Å². The molecule has 0 aliphatic heterocycles. The van der Waals surface area contributed by atoms with Crippen LogP contribution in [0, 0.1) is 0 Å². The molecule has 0 spiro atoms. The summed E-state index contributed by atoms with van der Waals surface area (Å²) in [5, 5.41) is -1.16. The number of hydrogen-bond donors (Lipinski definition) is 0. The van der Waals surface area contributed by atoms with E-state index in [1.807, 2.05) is 0 Å². The van der Waals surface area contributed by atoms with Gasteiger partial charge in [0.15, 0.2) is 5.06 Å². The third kappa shape index (κ3) is 1.94. The first-order valence-electron chi connectivity index (χ1n) is 3.45. The number of allylic oxidation sites excluding steroid dienone is 1. The highest BCUT2D eigenvalue weighted by molar-refractivity contribution is 6.27. The van der Waals surface area contributed by atoms with E-state index < -0.39 is 5.06 Å². The van der Waals surface area contributed by atoms with Gasteiger partial charge in [0, 0.05) is 13.2 Å². The quantitative estimate of drug-likeness (QED) is 0.513. The average Bonchev–Trinajstić information content (AvgIpc) is 2.10. The summed E-state index contributed by atoms with van der Waals surface area (Å²) >= 11 is 11.8. The molecular formula is C8H10Cl2O2. The molecule has 1 aliphatic rings. The maximum Gasteiger partial charge on any atom is 0.182 e. The molecule has 68 valence electrons. The van der Waals surface area contributed by atoms with E-state index in [4.69, 9.17) is 32.7 Å². The van der Waals surface area contributed by atoms with Crippen LogP contribution in [0.5, 0.6) is 0 Å². The average molecular weight is 209 g/mol. The number of ether oxygens (including phenoxy) is 2. The zero-order valence-electron chi connectivity index (χ0n) is 6.88. The summed E-state index contributed by atoms with van der Waals surface area (Å²) < 4.78 is 10.0. The number of methoxy groups -OCH3 is 2. The third-order valence-electron chi connectivity index (χ3n) is 1.65. The van der Waals surface area contributed by atoms with Gasteiger partial charge >= 0.3 is 0 Å². The van der Waals surface area contributed by atoms with Crippen molar-refractivity contribution in [1.29, 1.82) is 0 Å². The predicted molar refractivity (Wildman–Crippen MR) is 49.5 cm³/mol. The molecule has 0 aromatic carbocycles. The molecule has 0 fully saturated rings. The summed E-state index contributed by atoms with van der Waals surface area (Å²) in [6.07, 6.45) is 5.07. The summed E-state index contributed by atoms with van der Waals surface area (Å²) in [5.41, 5.74) is 0. The largest absolute Gasteiger partial charge is 0.499 e. The van der Waals surface area contributed by atoms with E-state index in [-0.39, 0.29) is 5.38 Å². The first-order chi connectivity index (χ1) is 5.61. The number of hydrogen-bond acceptors (Lipinski definition) is 2. The fourth-order valence-corrected chi connectivity index (χ4v) is 1.34. The van der Waals surface area contributed by atoms with Crippen molar-refractivity contribution in [2.45, 2.75) is 10.4 Å². The summed E-state index contributed by atoms with van der Waals surface area (Å²) in [5.74, 6) is 0.607. The molecule has 0 N–H and O–H groups in total. The van der Waals surface area contributed by atoms with Gasteiger partial charge in [-0.2, -0.15) is 0 Å². The van der Waals surface area contributed by atoms with Crippen molar-refractivity contribution in [1.82, 2.24) is 0 Å². The molecule has 1 rings (SSSR count). The topological polar surface area (TPSA) is 18.5 Å². The minimum Gasteiger partial charge on any atom is -0.499 e. The third-order valence-corrected chi connectivity index (χ3v) is 2.40. The van der Waals surface area contributed by atoms with Crippen LogP contribution in [-0.2, 0) is 9.47 Å². The van der Waals surface area contributed by atoms with Crippen LogP contribution in [0.4, 0.5) is 0 Å². The molecule has 0 aromatic rings. The standard InChI is InChI=1S/C8H10Cl2O2/c1-11-7-5-8(10,12-2)4-3-6(7)9/h3-6H,1-2H3. The number of rotatable bonds is 2. The SMILES string of the molecule is COC1=CC(Cl)(OC)C=CC1Cl. The molecule has 0 bridgehead atoms. The Hall–Kier alpha value is -0.180. The van der Waals surface area contributed by atoms with Crippen LogP contribution in [0.3, 0.4) is 0 Å². The molecule has 1 aliphatic carbocycles. The number of alkyl halides is 2. The van der Waals surface area contributed by atoms with Gasteiger partial charge in [0.2, 0.25) is 0 Å². The van der Waals surface area contributed by atoms with Crippen LogP contribution in [0.25, 0.3) is 0 Å². The van der Waals surface area contributed by atoms with Crippen molar-refractivity contribution in [2.24, 2.45) is 0 Å². The van der Waals surface area contributed by atoms with E-state index in [2.05, 4.69) is 0 Å². The molecular weight excluding hydrogens is 199 g/mol. The molecule has 0 saturated heterocycles. The second-order valence-corrected chi connectivity index (χ2v) is 3.47. The van der Waals surface area contributed by atoms with Gasteiger partial charge in [0.25, 0.3) is 0 Å². The molecule has 0 saturated carbocycles. The monoisotopic (exact) mass is 208 g/mol. The molecule has 2 atom stereocenters. The highest BCUT2D eigenvalue weighted by Crippen LogP contribution is 2.29. The molecule has 12 heavy (non-hydrogen) atoms. The summed E-state index contributed by atoms with van der Waals surface area (Å²) in [6.45, 7) is 0. The van der Waals surface area contributed by atoms with Gasteiger partial charge in [-0.05, 0) is 6.08 Å². The fraction of sp³-hybridized carbons (Fsp3) is 0.500. The minimum atomic E-state index is -0.906. The van der Waals surface area contributed by atoms with Gasteiger partial charge in [-0.1, -0.05) is 17.7 Å². The lowest BCUT2D eigenvalue weighted by atomic mass is 10.1. The molecule has 4 heteroatoms. The second-order valence-electron chi connectivity index (χ2n) is 2.41. The van der Waals surface area contributed by atoms with Crippen LogP contribution in [0.2, 0.25) is 0 Å². The lowest BCUT2D eigenvalue weighted by Crippen LogP contribution is -2.24. The zero-order chi connectivity index (χ0) is 9.19. The van der Waals surface area contributed by atoms with Gasteiger partial charge in [-0.3, -0.25) is 0 Å². The van der Waals surface area contributed by atoms with E-state index in [0.29, 0.717) is 5.76 Å². The van der Waals surface area contributed by atoms with Gasteiger partial charge < -0.3 is 9.47 Å². The lowest BCUT2D eigenvalue weighted by molar-refractivity contribution is 0.135. The first kappa shape index (κ1) is 9.90. The number of halogens is 2. The molecule has 2 nitrogen and oxygen atoms in total. The molecule has 0 radical (unpaired) electrons. The summed E-state index contributed by atoms with van der Waals surface area (Å²) in [4.78, 5) is 0. The molecule has 0 amide bonds. The Kier molecular flexibility index (Phi) is 3.04. The Morgan fingerprint density at radius 3 is 2.67 bits per heavy atom.